The first-order valence-corrected chi connectivity index (χ1v) is 7.54. The smallest absolute Gasteiger partial charge is 0.325 e. The molecule has 0 fully saturated rings. The van der Waals surface area contributed by atoms with Crippen molar-refractivity contribution in [3.63, 3.8) is 0 Å². The van der Waals surface area contributed by atoms with Crippen molar-refractivity contribution in [3.05, 3.63) is 41.5 Å². The Kier molecular flexibility index (Phi) is 4.48. The third kappa shape index (κ3) is 2.84. The van der Waals surface area contributed by atoms with Gasteiger partial charge in [0.25, 0.3) is 5.91 Å². The zero-order valence-electron chi connectivity index (χ0n) is 13.1. The maximum atomic E-state index is 13.7. The normalized spacial score (nSPS) is 20.0. The molecule has 1 unspecified atom stereocenters. The van der Waals surface area contributed by atoms with Crippen LogP contribution in [0.25, 0.3) is 0 Å². The molecule has 0 aliphatic carbocycles. The summed E-state index contributed by atoms with van der Waals surface area (Å²) in [6, 6.07) is 1.09. The molecule has 6 nitrogen and oxygen atoms in total. The standard InChI is InChI=1S/C16H17F2N3O3/c1-24-9-10-3-2-5-20(10)16(23)21-6-4-19-15(22)11-7-12(17)13(18)8-14(11)21/h2-3,7-8,10H,4-6,9H2,1H3,(H,19,22). The van der Waals surface area contributed by atoms with Gasteiger partial charge in [0, 0.05) is 32.8 Å². The maximum Gasteiger partial charge on any atom is 0.325 e. The summed E-state index contributed by atoms with van der Waals surface area (Å²) in [5, 5.41) is 2.58. The van der Waals surface area contributed by atoms with Crippen molar-refractivity contribution in [1.29, 1.82) is 0 Å². The Labute approximate surface area is 137 Å². The third-order valence-corrected chi connectivity index (χ3v) is 4.07. The van der Waals surface area contributed by atoms with Gasteiger partial charge in [0.05, 0.1) is 23.9 Å². The SMILES string of the molecule is COCC1C=CCN1C(=O)N1CCNC(=O)c2cc(F)c(F)cc21. The number of carbonyl (C=O) groups excluding carboxylic acids is 2. The highest BCUT2D eigenvalue weighted by Gasteiger charge is 2.33. The number of benzene rings is 1. The summed E-state index contributed by atoms with van der Waals surface area (Å²) in [6.45, 7) is 1.08. The quantitative estimate of drug-likeness (QED) is 0.833. The maximum absolute atomic E-state index is 13.7. The lowest BCUT2D eigenvalue weighted by Crippen LogP contribution is -2.48. The molecule has 1 atom stereocenters. The molecule has 8 heteroatoms. The average molecular weight is 337 g/mol. The van der Waals surface area contributed by atoms with Gasteiger partial charge in [-0.1, -0.05) is 12.2 Å². The van der Waals surface area contributed by atoms with E-state index >= 15 is 0 Å². The third-order valence-electron chi connectivity index (χ3n) is 4.07. The average Bonchev–Trinajstić information content (AvgIpc) is 2.95. The lowest BCUT2D eigenvalue weighted by atomic mass is 10.1. The van der Waals surface area contributed by atoms with Crippen LogP contribution in [0.1, 0.15) is 10.4 Å². The molecule has 0 radical (unpaired) electrons. The van der Waals surface area contributed by atoms with E-state index in [1.165, 1.54) is 12.0 Å². The second-order valence-electron chi connectivity index (χ2n) is 5.58. The Hall–Kier alpha value is -2.48. The molecule has 2 aliphatic rings. The van der Waals surface area contributed by atoms with Crippen LogP contribution in [0.4, 0.5) is 19.3 Å². The number of hydrogen-bond donors (Lipinski definition) is 1. The molecule has 2 aliphatic heterocycles. The molecule has 0 saturated heterocycles. The van der Waals surface area contributed by atoms with Crippen LogP contribution in [-0.2, 0) is 4.74 Å². The van der Waals surface area contributed by atoms with Crippen molar-refractivity contribution in [2.45, 2.75) is 6.04 Å². The number of halogens is 2. The van der Waals surface area contributed by atoms with Crippen LogP contribution in [0.15, 0.2) is 24.3 Å². The number of nitrogens with zero attached hydrogens (tertiary/aromatic N) is 2. The first-order valence-electron chi connectivity index (χ1n) is 7.54. The van der Waals surface area contributed by atoms with Crippen LogP contribution in [0.3, 0.4) is 0 Å². The van der Waals surface area contributed by atoms with Crippen LogP contribution in [-0.4, -0.2) is 56.2 Å². The topological polar surface area (TPSA) is 61.9 Å². The lowest BCUT2D eigenvalue weighted by Gasteiger charge is -2.31. The number of anilines is 1. The van der Waals surface area contributed by atoms with E-state index in [-0.39, 0.29) is 36.4 Å². The summed E-state index contributed by atoms with van der Waals surface area (Å²) < 4.78 is 32.3. The highest BCUT2D eigenvalue weighted by atomic mass is 19.2. The second kappa shape index (κ2) is 6.56. The van der Waals surface area contributed by atoms with E-state index in [9.17, 15) is 18.4 Å². The molecular formula is C16H17F2N3O3. The minimum absolute atomic E-state index is 0.0600. The number of hydrogen-bond acceptors (Lipinski definition) is 3. The summed E-state index contributed by atoms with van der Waals surface area (Å²) in [6.07, 6.45) is 3.70. The monoisotopic (exact) mass is 337 g/mol. The molecule has 1 aromatic carbocycles. The van der Waals surface area contributed by atoms with Crippen LogP contribution in [0.2, 0.25) is 0 Å². The van der Waals surface area contributed by atoms with Crippen molar-refractivity contribution < 1.29 is 23.1 Å². The molecule has 2 heterocycles. The number of methoxy groups -OCH3 is 1. The number of carbonyl (C=O) groups is 2. The Morgan fingerprint density at radius 2 is 2.12 bits per heavy atom. The zero-order chi connectivity index (χ0) is 17.3. The van der Waals surface area contributed by atoms with Crippen molar-refractivity contribution in [3.8, 4) is 0 Å². The number of nitrogens with one attached hydrogen (secondary N) is 1. The summed E-state index contributed by atoms with van der Waals surface area (Å²) in [7, 11) is 1.54. The molecule has 128 valence electrons. The summed E-state index contributed by atoms with van der Waals surface area (Å²) in [4.78, 5) is 27.8. The van der Waals surface area contributed by atoms with Crippen LogP contribution < -0.4 is 10.2 Å². The van der Waals surface area contributed by atoms with E-state index in [0.717, 1.165) is 12.1 Å². The van der Waals surface area contributed by atoms with Gasteiger partial charge < -0.3 is 15.0 Å². The highest BCUT2D eigenvalue weighted by molar-refractivity contribution is 6.05. The second-order valence-corrected chi connectivity index (χ2v) is 5.58. The fourth-order valence-electron chi connectivity index (χ4n) is 2.90. The first-order chi connectivity index (χ1) is 11.5. The lowest BCUT2D eigenvalue weighted by molar-refractivity contribution is 0.0957. The van der Waals surface area contributed by atoms with Gasteiger partial charge in [0.1, 0.15) is 0 Å². The Morgan fingerprint density at radius 3 is 2.88 bits per heavy atom. The summed E-state index contributed by atoms with van der Waals surface area (Å²) in [5.74, 6) is -2.76. The highest BCUT2D eigenvalue weighted by Crippen LogP contribution is 2.27. The Balaban J connectivity index is 1.96. The van der Waals surface area contributed by atoms with E-state index in [4.69, 9.17) is 4.74 Å². The Bertz CT molecular complexity index is 708. The van der Waals surface area contributed by atoms with Crippen LogP contribution >= 0.6 is 0 Å². The van der Waals surface area contributed by atoms with Gasteiger partial charge in [-0.2, -0.15) is 0 Å². The summed E-state index contributed by atoms with van der Waals surface area (Å²) >= 11 is 0. The van der Waals surface area contributed by atoms with Crippen molar-refractivity contribution >= 4 is 17.6 Å². The van der Waals surface area contributed by atoms with Gasteiger partial charge in [0.2, 0.25) is 0 Å². The molecule has 0 saturated carbocycles. The fourth-order valence-corrected chi connectivity index (χ4v) is 2.90. The van der Waals surface area contributed by atoms with E-state index in [0.29, 0.717) is 13.2 Å². The van der Waals surface area contributed by atoms with Gasteiger partial charge in [-0.05, 0) is 6.07 Å². The van der Waals surface area contributed by atoms with Crippen molar-refractivity contribution in [2.24, 2.45) is 0 Å². The van der Waals surface area contributed by atoms with Gasteiger partial charge in [-0.15, -0.1) is 0 Å². The van der Waals surface area contributed by atoms with E-state index in [2.05, 4.69) is 5.32 Å². The molecule has 1 N–H and O–H groups in total. The number of urea groups is 1. The predicted molar refractivity (Wildman–Crippen MR) is 82.9 cm³/mol. The van der Waals surface area contributed by atoms with E-state index in [1.54, 1.807) is 4.90 Å². The molecular weight excluding hydrogens is 320 g/mol. The zero-order valence-corrected chi connectivity index (χ0v) is 13.1. The van der Waals surface area contributed by atoms with Gasteiger partial charge in [-0.25, -0.2) is 13.6 Å². The number of fused-ring (bicyclic) bond motifs is 1. The number of rotatable bonds is 2. The molecule has 3 rings (SSSR count). The predicted octanol–water partition coefficient (Wildman–Crippen LogP) is 1.52. The molecule has 0 bridgehead atoms. The molecule has 1 aromatic rings. The van der Waals surface area contributed by atoms with Crippen LogP contribution in [0, 0.1) is 11.6 Å². The van der Waals surface area contributed by atoms with Crippen molar-refractivity contribution in [1.82, 2.24) is 10.2 Å². The van der Waals surface area contributed by atoms with Gasteiger partial charge in [0.15, 0.2) is 11.6 Å². The van der Waals surface area contributed by atoms with Gasteiger partial charge in [-0.3, -0.25) is 9.69 Å². The molecule has 24 heavy (non-hydrogen) atoms. The molecule has 0 aromatic heterocycles. The minimum atomic E-state index is -1.13. The first kappa shape index (κ1) is 16.4. The number of amides is 3. The van der Waals surface area contributed by atoms with E-state index < -0.39 is 17.5 Å². The molecule has 3 amide bonds. The minimum Gasteiger partial charge on any atom is -0.382 e. The Morgan fingerprint density at radius 1 is 1.38 bits per heavy atom. The fraction of sp³-hybridized carbons (Fsp3) is 0.375. The number of ether oxygens (including phenoxy) is 1. The van der Waals surface area contributed by atoms with Crippen LogP contribution in [0.5, 0.6) is 0 Å². The summed E-state index contributed by atoms with van der Waals surface area (Å²) in [5.41, 5.74) is 0.00663. The van der Waals surface area contributed by atoms with E-state index in [1.807, 2.05) is 12.2 Å². The molecule has 0 spiro atoms. The van der Waals surface area contributed by atoms with Crippen molar-refractivity contribution in [2.75, 3.05) is 38.3 Å². The van der Waals surface area contributed by atoms with Gasteiger partial charge >= 0.3 is 6.03 Å². The largest absolute Gasteiger partial charge is 0.382 e.